The van der Waals surface area contributed by atoms with E-state index in [-0.39, 0.29) is 0 Å². The predicted octanol–water partition coefficient (Wildman–Crippen LogP) is 4.05. The molecule has 1 N–H and O–H groups in total. The molecule has 1 atom stereocenters. The summed E-state index contributed by atoms with van der Waals surface area (Å²) in [5.41, 5.74) is 0. The highest BCUT2D eigenvalue weighted by Crippen LogP contribution is 2.24. The summed E-state index contributed by atoms with van der Waals surface area (Å²) in [7, 11) is 0. The Bertz CT molecular complexity index is 258. The second-order valence-corrected chi connectivity index (χ2v) is 4.29. The zero-order valence-corrected chi connectivity index (χ0v) is 10.1. The first kappa shape index (κ1) is 11.8. The SMILES string of the molecule is CCCCCCC(O)c1ccc(Br)o1. The van der Waals surface area contributed by atoms with Gasteiger partial charge < -0.3 is 9.52 Å². The second-order valence-electron chi connectivity index (χ2n) is 3.51. The summed E-state index contributed by atoms with van der Waals surface area (Å²) < 4.78 is 5.95. The maximum atomic E-state index is 9.72. The van der Waals surface area contributed by atoms with Crippen LogP contribution in [0.3, 0.4) is 0 Å². The van der Waals surface area contributed by atoms with Crippen molar-refractivity contribution in [3.63, 3.8) is 0 Å². The minimum absolute atomic E-state index is 0.446. The molecular formula is C11H17BrO2. The lowest BCUT2D eigenvalue weighted by Gasteiger charge is -2.06. The lowest BCUT2D eigenvalue weighted by molar-refractivity contribution is 0.135. The molecule has 1 unspecified atom stereocenters. The van der Waals surface area contributed by atoms with E-state index in [9.17, 15) is 5.11 Å². The van der Waals surface area contributed by atoms with Gasteiger partial charge in [-0.1, -0.05) is 32.6 Å². The number of aliphatic hydroxyl groups excluding tert-OH is 1. The Morgan fingerprint density at radius 1 is 1.36 bits per heavy atom. The molecule has 1 rings (SSSR count). The number of hydrogen-bond acceptors (Lipinski definition) is 2. The van der Waals surface area contributed by atoms with Gasteiger partial charge in [0.2, 0.25) is 0 Å². The van der Waals surface area contributed by atoms with Crippen molar-refractivity contribution in [1.82, 2.24) is 0 Å². The Balaban J connectivity index is 2.25. The number of halogens is 1. The van der Waals surface area contributed by atoms with Crippen LogP contribution in [0.5, 0.6) is 0 Å². The van der Waals surface area contributed by atoms with Gasteiger partial charge in [0.1, 0.15) is 11.9 Å². The first-order valence-corrected chi connectivity index (χ1v) is 5.96. The average molecular weight is 261 g/mol. The number of furan rings is 1. The van der Waals surface area contributed by atoms with Crippen LogP contribution in [0.1, 0.15) is 50.9 Å². The van der Waals surface area contributed by atoms with Crippen LogP contribution in [-0.4, -0.2) is 5.11 Å². The Labute approximate surface area is 93.4 Å². The molecule has 0 radical (unpaired) electrons. The quantitative estimate of drug-likeness (QED) is 0.784. The fourth-order valence-electron chi connectivity index (χ4n) is 1.41. The summed E-state index contributed by atoms with van der Waals surface area (Å²) in [6.45, 7) is 2.18. The van der Waals surface area contributed by atoms with Crippen LogP contribution in [-0.2, 0) is 0 Å². The molecule has 80 valence electrons. The van der Waals surface area contributed by atoms with Crippen molar-refractivity contribution in [2.24, 2.45) is 0 Å². The molecule has 1 aromatic rings. The molecular weight excluding hydrogens is 244 g/mol. The van der Waals surface area contributed by atoms with E-state index >= 15 is 0 Å². The molecule has 0 aliphatic rings. The third-order valence-corrected chi connectivity index (χ3v) is 2.68. The molecule has 2 nitrogen and oxygen atoms in total. The van der Waals surface area contributed by atoms with E-state index in [0.29, 0.717) is 10.4 Å². The molecule has 0 aliphatic carbocycles. The number of unbranched alkanes of at least 4 members (excludes halogenated alkanes) is 3. The summed E-state index contributed by atoms with van der Waals surface area (Å²) in [5.74, 6) is 0.661. The van der Waals surface area contributed by atoms with Crippen LogP contribution in [0, 0.1) is 0 Å². The van der Waals surface area contributed by atoms with Crippen molar-refractivity contribution in [2.75, 3.05) is 0 Å². The van der Waals surface area contributed by atoms with E-state index in [0.717, 1.165) is 12.8 Å². The van der Waals surface area contributed by atoms with Crippen molar-refractivity contribution >= 4 is 15.9 Å². The second kappa shape index (κ2) is 6.25. The van der Waals surface area contributed by atoms with Crippen LogP contribution in [0.2, 0.25) is 0 Å². The number of rotatable bonds is 6. The van der Waals surface area contributed by atoms with Crippen molar-refractivity contribution in [3.8, 4) is 0 Å². The zero-order valence-electron chi connectivity index (χ0n) is 8.50. The molecule has 1 aromatic heterocycles. The number of aliphatic hydroxyl groups is 1. The first-order valence-electron chi connectivity index (χ1n) is 5.17. The molecule has 0 aliphatic heterocycles. The maximum Gasteiger partial charge on any atom is 0.169 e. The van der Waals surface area contributed by atoms with Crippen molar-refractivity contribution in [3.05, 3.63) is 22.6 Å². The fraction of sp³-hybridized carbons (Fsp3) is 0.636. The maximum absolute atomic E-state index is 9.72. The van der Waals surface area contributed by atoms with E-state index in [1.165, 1.54) is 19.3 Å². The molecule has 0 bridgehead atoms. The monoisotopic (exact) mass is 260 g/mol. The lowest BCUT2D eigenvalue weighted by atomic mass is 10.1. The van der Waals surface area contributed by atoms with Gasteiger partial charge in [-0.2, -0.15) is 0 Å². The summed E-state index contributed by atoms with van der Waals surface area (Å²) >= 11 is 3.22. The van der Waals surface area contributed by atoms with Gasteiger partial charge in [0.15, 0.2) is 4.67 Å². The highest BCUT2D eigenvalue weighted by molar-refractivity contribution is 9.10. The Kier molecular flexibility index (Phi) is 5.26. The Hall–Kier alpha value is -0.280. The topological polar surface area (TPSA) is 33.4 Å². The van der Waals surface area contributed by atoms with Gasteiger partial charge >= 0.3 is 0 Å². The molecule has 0 spiro atoms. The van der Waals surface area contributed by atoms with Gasteiger partial charge in [-0.3, -0.25) is 0 Å². The third-order valence-electron chi connectivity index (χ3n) is 2.25. The molecule has 0 saturated heterocycles. The van der Waals surface area contributed by atoms with Crippen LogP contribution in [0.4, 0.5) is 0 Å². The average Bonchev–Trinajstić information content (AvgIpc) is 2.59. The summed E-state index contributed by atoms with van der Waals surface area (Å²) in [4.78, 5) is 0. The molecule has 14 heavy (non-hydrogen) atoms. The molecule has 3 heteroatoms. The summed E-state index contributed by atoms with van der Waals surface area (Å²) in [6.07, 6.45) is 5.07. The largest absolute Gasteiger partial charge is 0.452 e. The lowest BCUT2D eigenvalue weighted by Crippen LogP contribution is -1.95. The van der Waals surface area contributed by atoms with Crippen molar-refractivity contribution in [1.29, 1.82) is 0 Å². The molecule has 0 saturated carbocycles. The van der Waals surface area contributed by atoms with E-state index in [1.807, 2.05) is 12.1 Å². The minimum Gasteiger partial charge on any atom is -0.452 e. The van der Waals surface area contributed by atoms with Gasteiger partial charge in [0.25, 0.3) is 0 Å². The van der Waals surface area contributed by atoms with E-state index in [2.05, 4.69) is 22.9 Å². The highest BCUT2D eigenvalue weighted by atomic mass is 79.9. The van der Waals surface area contributed by atoms with E-state index < -0.39 is 6.10 Å². The van der Waals surface area contributed by atoms with Crippen molar-refractivity contribution < 1.29 is 9.52 Å². The zero-order chi connectivity index (χ0) is 10.4. The van der Waals surface area contributed by atoms with Gasteiger partial charge in [-0.25, -0.2) is 0 Å². The van der Waals surface area contributed by atoms with Crippen LogP contribution in [0.15, 0.2) is 21.2 Å². The molecule has 0 amide bonds. The van der Waals surface area contributed by atoms with Crippen LogP contribution in [0.25, 0.3) is 0 Å². The van der Waals surface area contributed by atoms with Crippen LogP contribution >= 0.6 is 15.9 Å². The molecule has 0 fully saturated rings. The van der Waals surface area contributed by atoms with E-state index in [4.69, 9.17) is 4.42 Å². The third kappa shape index (κ3) is 3.84. The van der Waals surface area contributed by atoms with Crippen LogP contribution < -0.4 is 0 Å². The first-order chi connectivity index (χ1) is 6.74. The molecule has 0 aromatic carbocycles. The van der Waals surface area contributed by atoms with Gasteiger partial charge in [-0.05, 0) is 34.5 Å². The van der Waals surface area contributed by atoms with Gasteiger partial charge in [0.05, 0.1) is 0 Å². The minimum atomic E-state index is -0.446. The fourth-order valence-corrected chi connectivity index (χ4v) is 1.73. The van der Waals surface area contributed by atoms with Gasteiger partial charge in [0, 0.05) is 0 Å². The predicted molar refractivity (Wildman–Crippen MR) is 60.1 cm³/mol. The summed E-state index contributed by atoms with van der Waals surface area (Å²) in [6, 6.07) is 3.62. The number of hydrogen-bond donors (Lipinski definition) is 1. The highest BCUT2D eigenvalue weighted by Gasteiger charge is 2.10. The smallest absolute Gasteiger partial charge is 0.169 e. The van der Waals surface area contributed by atoms with Crippen molar-refractivity contribution in [2.45, 2.75) is 45.1 Å². The normalized spacial score (nSPS) is 13.1. The molecule has 1 heterocycles. The summed E-state index contributed by atoms with van der Waals surface area (Å²) in [5, 5.41) is 9.72. The Morgan fingerprint density at radius 2 is 2.14 bits per heavy atom. The van der Waals surface area contributed by atoms with E-state index in [1.54, 1.807) is 0 Å². The van der Waals surface area contributed by atoms with Gasteiger partial charge in [-0.15, -0.1) is 0 Å². The Morgan fingerprint density at radius 3 is 2.71 bits per heavy atom. The standard InChI is InChI=1S/C11H17BrO2/c1-2-3-4-5-6-9(13)10-7-8-11(12)14-10/h7-9,13H,2-6H2,1H3.